The minimum atomic E-state index is -0.148. The summed E-state index contributed by atoms with van der Waals surface area (Å²) < 4.78 is 13.8. The van der Waals surface area contributed by atoms with E-state index in [0.717, 1.165) is 62.4 Å². The standard InChI is InChI=1S/C26H35FN4/c1-19(2)20-9-14-29(15-10-20)22-8-12-28-26(18-22)31-16-11-25-24(31)7-4-13-30(25)23-6-3-5-21(27)17-23/h3,5-6,8,12,17-20,24-25H,4,7,9-11,13-16H2,1-2H3. The van der Waals surface area contributed by atoms with Gasteiger partial charge in [-0.3, -0.25) is 0 Å². The Morgan fingerprint density at radius 2 is 1.68 bits per heavy atom. The van der Waals surface area contributed by atoms with Crippen molar-refractivity contribution in [1.82, 2.24) is 4.98 Å². The highest BCUT2D eigenvalue weighted by molar-refractivity contribution is 5.58. The van der Waals surface area contributed by atoms with Crippen LogP contribution in [0.1, 0.15) is 46.0 Å². The number of hydrogen-bond donors (Lipinski definition) is 0. The Kier molecular flexibility index (Phi) is 5.77. The lowest BCUT2D eigenvalue weighted by Gasteiger charge is -2.42. The van der Waals surface area contributed by atoms with Gasteiger partial charge in [0.1, 0.15) is 11.6 Å². The molecule has 0 aliphatic carbocycles. The van der Waals surface area contributed by atoms with Crippen LogP contribution in [-0.4, -0.2) is 43.2 Å². The Morgan fingerprint density at radius 3 is 2.45 bits per heavy atom. The van der Waals surface area contributed by atoms with E-state index in [9.17, 15) is 4.39 Å². The first-order valence-electron chi connectivity index (χ1n) is 12.1. The Morgan fingerprint density at radius 1 is 0.871 bits per heavy atom. The van der Waals surface area contributed by atoms with Gasteiger partial charge in [-0.05, 0) is 68.2 Å². The van der Waals surface area contributed by atoms with Crippen molar-refractivity contribution in [3.63, 3.8) is 0 Å². The average Bonchev–Trinajstić information content (AvgIpc) is 3.23. The van der Waals surface area contributed by atoms with E-state index in [1.54, 1.807) is 6.07 Å². The Balaban J connectivity index is 1.32. The lowest BCUT2D eigenvalue weighted by Crippen LogP contribution is -2.50. The van der Waals surface area contributed by atoms with Crippen LogP contribution in [0.2, 0.25) is 0 Å². The van der Waals surface area contributed by atoms with E-state index in [2.05, 4.69) is 40.7 Å². The highest BCUT2D eigenvalue weighted by Crippen LogP contribution is 2.37. The van der Waals surface area contributed by atoms with Crippen LogP contribution in [0, 0.1) is 17.7 Å². The van der Waals surface area contributed by atoms with Gasteiger partial charge >= 0.3 is 0 Å². The second-order valence-corrected chi connectivity index (χ2v) is 9.87. The fourth-order valence-corrected chi connectivity index (χ4v) is 6.03. The van der Waals surface area contributed by atoms with E-state index in [-0.39, 0.29) is 5.82 Å². The second kappa shape index (κ2) is 8.68. The molecule has 5 heteroatoms. The molecule has 3 saturated heterocycles. The predicted octanol–water partition coefficient (Wildman–Crippen LogP) is 5.34. The van der Waals surface area contributed by atoms with Gasteiger partial charge in [0.25, 0.3) is 0 Å². The third-order valence-corrected chi connectivity index (χ3v) is 7.82. The van der Waals surface area contributed by atoms with E-state index < -0.39 is 0 Å². The lowest BCUT2D eigenvalue weighted by molar-refractivity contribution is 0.311. The zero-order chi connectivity index (χ0) is 21.4. The molecular formula is C26H35FN4. The molecule has 0 radical (unpaired) electrons. The van der Waals surface area contributed by atoms with Crippen molar-refractivity contribution in [3.8, 4) is 0 Å². The molecule has 2 unspecified atom stereocenters. The molecule has 0 bridgehead atoms. The maximum atomic E-state index is 13.8. The summed E-state index contributed by atoms with van der Waals surface area (Å²) in [6.07, 6.45) is 7.98. The smallest absolute Gasteiger partial charge is 0.130 e. The lowest BCUT2D eigenvalue weighted by atomic mass is 9.86. The highest BCUT2D eigenvalue weighted by Gasteiger charge is 2.41. The number of benzene rings is 1. The quantitative estimate of drug-likeness (QED) is 0.663. The van der Waals surface area contributed by atoms with E-state index in [4.69, 9.17) is 4.98 Å². The number of pyridine rings is 1. The molecule has 2 atom stereocenters. The maximum Gasteiger partial charge on any atom is 0.130 e. The number of anilines is 3. The zero-order valence-corrected chi connectivity index (χ0v) is 18.9. The molecule has 1 aromatic carbocycles. The number of halogens is 1. The topological polar surface area (TPSA) is 22.6 Å². The van der Waals surface area contributed by atoms with Gasteiger partial charge in [-0.15, -0.1) is 0 Å². The molecule has 1 aromatic heterocycles. The summed E-state index contributed by atoms with van der Waals surface area (Å²) in [4.78, 5) is 12.3. The van der Waals surface area contributed by atoms with Crippen molar-refractivity contribution in [2.75, 3.05) is 40.9 Å². The molecule has 31 heavy (non-hydrogen) atoms. The summed E-state index contributed by atoms with van der Waals surface area (Å²) in [5.41, 5.74) is 2.33. The normalized spacial score (nSPS) is 24.7. The molecule has 0 spiro atoms. The maximum absolute atomic E-state index is 13.8. The molecule has 3 aliphatic heterocycles. The first kappa shape index (κ1) is 20.6. The number of fused-ring (bicyclic) bond motifs is 1. The molecule has 166 valence electrons. The number of hydrogen-bond acceptors (Lipinski definition) is 4. The average molecular weight is 423 g/mol. The third kappa shape index (κ3) is 4.11. The monoisotopic (exact) mass is 422 g/mol. The van der Waals surface area contributed by atoms with Gasteiger partial charge in [-0.1, -0.05) is 19.9 Å². The van der Waals surface area contributed by atoms with Crippen molar-refractivity contribution in [2.45, 2.75) is 58.0 Å². The van der Waals surface area contributed by atoms with Gasteiger partial charge in [0.15, 0.2) is 0 Å². The molecule has 0 N–H and O–H groups in total. The number of piperidine rings is 2. The fourth-order valence-electron chi connectivity index (χ4n) is 6.03. The third-order valence-electron chi connectivity index (χ3n) is 7.82. The molecule has 3 fully saturated rings. The van der Waals surface area contributed by atoms with Gasteiger partial charge in [0.2, 0.25) is 0 Å². The van der Waals surface area contributed by atoms with Crippen molar-refractivity contribution < 1.29 is 4.39 Å². The van der Waals surface area contributed by atoms with E-state index in [1.807, 2.05) is 18.3 Å². The molecule has 4 heterocycles. The SMILES string of the molecule is CC(C)C1CCN(c2ccnc(N3CCC4C3CCCN4c3cccc(F)c3)c2)CC1. The first-order chi connectivity index (χ1) is 15.1. The molecule has 4 nitrogen and oxygen atoms in total. The molecule has 5 rings (SSSR count). The van der Waals surface area contributed by atoms with E-state index in [1.165, 1.54) is 31.0 Å². The Hall–Kier alpha value is -2.30. The van der Waals surface area contributed by atoms with Crippen molar-refractivity contribution >= 4 is 17.2 Å². The van der Waals surface area contributed by atoms with Crippen LogP contribution in [0.3, 0.4) is 0 Å². The Labute approximate surface area is 186 Å². The number of nitrogens with zero attached hydrogens (tertiary/aromatic N) is 4. The fraction of sp³-hybridized carbons (Fsp3) is 0.577. The molecule has 0 saturated carbocycles. The van der Waals surface area contributed by atoms with Crippen LogP contribution in [0.5, 0.6) is 0 Å². The molecule has 3 aliphatic rings. The minimum absolute atomic E-state index is 0.148. The van der Waals surface area contributed by atoms with Crippen molar-refractivity contribution in [1.29, 1.82) is 0 Å². The highest BCUT2D eigenvalue weighted by atomic mass is 19.1. The predicted molar refractivity (Wildman–Crippen MR) is 127 cm³/mol. The van der Waals surface area contributed by atoms with Gasteiger partial charge in [-0.2, -0.15) is 0 Å². The summed E-state index contributed by atoms with van der Waals surface area (Å²) in [7, 11) is 0. The summed E-state index contributed by atoms with van der Waals surface area (Å²) in [6, 6.07) is 12.5. The minimum Gasteiger partial charge on any atom is -0.371 e. The molecular weight excluding hydrogens is 387 g/mol. The zero-order valence-electron chi connectivity index (χ0n) is 18.9. The summed E-state index contributed by atoms with van der Waals surface area (Å²) in [6.45, 7) is 9.03. The van der Waals surface area contributed by atoms with Crippen LogP contribution in [0.25, 0.3) is 0 Å². The Bertz CT molecular complexity index is 892. The van der Waals surface area contributed by atoms with Crippen LogP contribution < -0.4 is 14.7 Å². The van der Waals surface area contributed by atoms with Crippen molar-refractivity contribution in [3.05, 3.63) is 48.4 Å². The van der Waals surface area contributed by atoms with Gasteiger partial charge < -0.3 is 14.7 Å². The van der Waals surface area contributed by atoms with Crippen molar-refractivity contribution in [2.24, 2.45) is 11.8 Å². The first-order valence-corrected chi connectivity index (χ1v) is 12.1. The van der Waals surface area contributed by atoms with E-state index in [0.29, 0.717) is 12.1 Å². The molecule has 0 amide bonds. The van der Waals surface area contributed by atoms with Crippen LogP contribution >= 0.6 is 0 Å². The summed E-state index contributed by atoms with van der Waals surface area (Å²) in [5, 5.41) is 0. The number of rotatable bonds is 4. The molecule has 2 aromatic rings. The largest absolute Gasteiger partial charge is 0.371 e. The second-order valence-electron chi connectivity index (χ2n) is 9.87. The van der Waals surface area contributed by atoms with Gasteiger partial charge in [0.05, 0.1) is 12.1 Å². The summed E-state index contributed by atoms with van der Waals surface area (Å²) >= 11 is 0. The summed E-state index contributed by atoms with van der Waals surface area (Å²) in [5.74, 6) is 2.60. The van der Waals surface area contributed by atoms with Crippen LogP contribution in [0.4, 0.5) is 21.6 Å². The van der Waals surface area contributed by atoms with Crippen LogP contribution in [0.15, 0.2) is 42.6 Å². The number of aromatic nitrogens is 1. The van der Waals surface area contributed by atoms with Gasteiger partial charge in [-0.25, -0.2) is 9.37 Å². The van der Waals surface area contributed by atoms with E-state index >= 15 is 0 Å². The van der Waals surface area contributed by atoms with Gasteiger partial charge in [0, 0.05) is 49.8 Å². The van der Waals surface area contributed by atoms with Crippen LogP contribution in [-0.2, 0) is 0 Å².